The highest BCUT2D eigenvalue weighted by Gasteiger charge is 2.23. The molecule has 1 N–H and O–H groups in total. The normalized spacial score (nSPS) is 22.5. The van der Waals surface area contributed by atoms with Gasteiger partial charge in [0.15, 0.2) is 17.0 Å². The Balaban J connectivity index is 2.02. The average Bonchev–Trinajstić information content (AvgIpc) is 2.43. The minimum atomic E-state index is 0.214. The van der Waals surface area contributed by atoms with Crippen LogP contribution < -0.4 is 5.32 Å². The summed E-state index contributed by atoms with van der Waals surface area (Å²) >= 11 is 6.04. The molecule has 0 saturated heterocycles. The van der Waals surface area contributed by atoms with Gasteiger partial charge >= 0.3 is 0 Å². The Morgan fingerprint density at radius 3 is 2.48 bits per heavy atom. The number of halogens is 1. The highest BCUT2D eigenvalue weighted by molar-refractivity contribution is 6.28. The highest BCUT2D eigenvalue weighted by Crippen LogP contribution is 2.28. The van der Waals surface area contributed by atoms with Gasteiger partial charge in [-0.05, 0) is 44.2 Å². The van der Waals surface area contributed by atoms with Gasteiger partial charge in [-0.15, -0.1) is 0 Å². The second-order valence-electron chi connectivity index (χ2n) is 5.92. The van der Waals surface area contributed by atoms with Crippen LogP contribution in [0.4, 0.5) is 5.82 Å². The van der Waals surface area contributed by atoms with Crippen molar-refractivity contribution in [2.24, 2.45) is 5.92 Å². The molecule has 2 heterocycles. The van der Waals surface area contributed by atoms with Crippen molar-refractivity contribution in [1.82, 2.24) is 19.9 Å². The zero-order chi connectivity index (χ0) is 15.0. The molecule has 1 saturated carbocycles. The van der Waals surface area contributed by atoms with Gasteiger partial charge in [-0.2, -0.15) is 9.97 Å². The molecule has 0 amide bonds. The van der Waals surface area contributed by atoms with Gasteiger partial charge in [-0.25, -0.2) is 9.97 Å². The zero-order valence-electron chi connectivity index (χ0n) is 12.6. The standard InChI is InChI=1S/C15H20ClN5/c1-8-6-4-5-7-11(8)19-14-12-13(20-15(16)21-14)18-10(3)9(2)17-12/h8,11H,4-7H2,1-3H3,(H,18,19,20,21). The summed E-state index contributed by atoms with van der Waals surface area (Å²) in [5.74, 6) is 1.33. The SMILES string of the molecule is Cc1nc2nc(Cl)nc(NC3CCCCC3C)c2nc1C. The number of hydrogen-bond acceptors (Lipinski definition) is 5. The number of anilines is 1. The summed E-state index contributed by atoms with van der Waals surface area (Å²) in [6, 6.07) is 0.413. The van der Waals surface area contributed by atoms with Crippen molar-refractivity contribution in [2.45, 2.75) is 52.5 Å². The van der Waals surface area contributed by atoms with E-state index < -0.39 is 0 Å². The maximum atomic E-state index is 6.04. The Morgan fingerprint density at radius 2 is 1.71 bits per heavy atom. The lowest BCUT2D eigenvalue weighted by atomic mass is 9.86. The fourth-order valence-electron chi connectivity index (χ4n) is 2.89. The van der Waals surface area contributed by atoms with E-state index in [0.717, 1.165) is 17.8 Å². The van der Waals surface area contributed by atoms with Crippen LogP contribution in [0.1, 0.15) is 44.0 Å². The lowest BCUT2D eigenvalue weighted by molar-refractivity contribution is 0.349. The highest BCUT2D eigenvalue weighted by atomic mass is 35.5. The van der Waals surface area contributed by atoms with E-state index in [1.54, 1.807) is 0 Å². The van der Waals surface area contributed by atoms with Crippen molar-refractivity contribution in [3.63, 3.8) is 0 Å². The molecule has 2 aromatic rings. The van der Waals surface area contributed by atoms with E-state index in [9.17, 15) is 0 Å². The van der Waals surface area contributed by atoms with Crippen molar-refractivity contribution in [3.8, 4) is 0 Å². The fourth-order valence-corrected chi connectivity index (χ4v) is 3.06. The average molecular weight is 306 g/mol. The number of aromatic nitrogens is 4. The van der Waals surface area contributed by atoms with Gasteiger partial charge < -0.3 is 5.32 Å². The third-order valence-electron chi connectivity index (χ3n) is 4.35. The van der Waals surface area contributed by atoms with Crippen molar-refractivity contribution in [2.75, 3.05) is 5.32 Å². The van der Waals surface area contributed by atoms with Crippen LogP contribution in [0.15, 0.2) is 0 Å². The number of fused-ring (bicyclic) bond motifs is 1. The largest absolute Gasteiger partial charge is 0.365 e. The van der Waals surface area contributed by atoms with E-state index in [4.69, 9.17) is 11.6 Å². The van der Waals surface area contributed by atoms with Gasteiger partial charge in [-0.3, -0.25) is 0 Å². The molecular weight excluding hydrogens is 286 g/mol. The predicted molar refractivity (Wildman–Crippen MR) is 84.7 cm³/mol. The minimum Gasteiger partial charge on any atom is -0.365 e. The minimum absolute atomic E-state index is 0.214. The first-order valence-electron chi connectivity index (χ1n) is 7.49. The van der Waals surface area contributed by atoms with Gasteiger partial charge in [0.1, 0.15) is 0 Å². The van der Waals surface area contributed by atoms with E-state index in [1.807, 2.05) is 13.8 Å². The number of nitrogens with zero attached hydrogens (tertiary/aromatic N) is 4. The van der Waals surface area contributed by atoms with Crippen LogP contribution in [-0.4, -0.2) is 26.0 Å². The van der Waals surface area contributed by atoms with E-state index in [1.165, 1.54) is 19.3 Å². The van der Waals surface area contributed by atoms with Crippen LogP contribution in [0.5, 0.6) is 0 Å². The summed E-state index contributed by atoms with van der Waals surface area (Å²) in [4.78, 5) is 17.6. The Morgan fingerprint density at radius 1 is 1.00 bits per heavy atom. The molecule has 1 aliphatic carbocycles. The molecule has 6 heteroatoms. The van der Waals surface area contributed by atoms with E-state index in [0.29, 0.717) is 28.9 Å². The zero-order valence-corrected chi connectivity index (χ0v) is 13.4. The lowest BCUT2D eigenvalue weighted by Gasteiger charge is -2.30. The van der Waals surface area contributed by atoms with Gasteiger partial charge in [0, 0.05) is 6.04 Å². The maximum Gasteiger partial charge on any atom is 0.226 e. The summed E-state index contributed by atoms with van der Waals surface area (Å²) in [6.07, 6.45) is 4.96. The summed E-state index contributed by atoms with van der Waals surface area (Å²) in [7, 11) is 0. The monoisotopic (exact) mass is 305 g/mol. The Kier molecular flexibility index (Phi) is 3.93. The molecule has 112 valence electrons. The van der Waals surface area contributed by atoms with Crippen LogP contribution >= 0.6 is 11.6 Å². The number of nitrogens with one attached hydrogen (secondary N) is 1. The van der Waals surface area contributed by atoms with Crippen molar-refractivity contribution < 1.29 is 0 Å². The van der Waals surface area contributed by atoms with Crippen LogP contribution in [0, 0.1) is 19.8 Å². The number of aryl methyl sites for hydroxylation is 2. The number of rotatable bonds is 2. The van der Waals surface area contributed by atoms with Crippen LogP contribution in [0.2, 0.25) is 5.28 Å². The van der Waals surface area contributed by atoms with Gasteiger partial charge in [0.25, 0.3) is 0 Å². The van der Waals surface area contributed by atoms with Crippen LogP contribution in [0.25, 0.3) is 11.2 Å². The molecule has 1 fully saturated rings. The molecule has 3 rings (SSSR count). The molecule has 0 spiro atoms. The van der Waals surface area contributed by atoms with Crippen LogP contribution in [0.3, 0.4) is 0 Å². The molecule has 0 bridgehead atoms. The molecule has 0 aliphatic heterocycles. The molecule has 0 aromatic carbocycles. The lowest BCUT2D eigenvalue weighted by Crippen LogP contribution is -2.31. The summed E-state index contributed by atoms with van der Waals surface area (Å²) < 4.78 is 0. The smallest absolute Gasteiger partial charge is 0.226 e. The van der Waals surface area contributed by atoms with E-state index in [2.05, 4.69) is 32.2 Å². The van der Waals surface area contributed by atoms with Gasteiger partial charge in [0.05, 0.1) is 11.4 Å². The summed E-state index contributed by atoms with van der Waals surface area (Å²) in [5.41, 5.74) is 3.03. The second-order valence-corrected chi connectivity index (χ2v) is 6.26. The van der Waals surface area contributed by atoms with Crippen LogP contribution in [-0.2, 0) is 0 Å². The Labute approximate surface area is 129 Å². The molecule has 5 nitrogen and oxygen atoms in total. The topological polar surface area (TPSA) is 63.6 Å². The predicted octanol–water partition coefficient (Wildman–Crippen LogP) is 3.68. The molecule has 2 atom stereocenters. The van der Waals surface area contributed by atoms with Gasteiger partial charge in [0.2, 0.25) is 5.28 Å². The molecule has 1 aliphatic rings. The maximum absolute atomic E-state index is 6.04. The first-order chi connectivity index (χ1) is 10.0. The first-order valence-corrected chi connectivity index (χ1v) is 7.87. The van der Waals surface area contributed by atoms with E-state index >= 15 is 0 Å². The Bertz CT molecular complexity index is 673. The molecular formula is C15H20ClN5. The van der Waals surface area contributed by atoms with Crippen molar-refractivity contribution >= 4 is 28.6 Å². The molecule has 2 unspecified atom stereocenters. The van der Waals surface area contributed by atoms with Gasteiger partial charge in [-0.1, -0.05) is 19.8 Å². The second kappa shape index (κ2) is 5.72. The summed E-state index contributed by atoms with van der Waals surface area (Å²) in [6.45, 7) is 6.15. The van der Waals surface area contributed by atoms with Crippen molar-refractivity contribution in [3.05, 3.63) is 16.7 Å². The third kappa shape index (κ3) is 2.93. The number of hydrogen-bond donors (Lipinski definition) is 1. The van der Waals surface area contributed by atoms with Crippen molar-refractivity contribution in [1.29, 1.82) is 0 Å². The quantitative estimate of drug-likeness (QED) is 0.857. The summed E-state index contributed by atoms with van der Waals surface area (Å²) in [5, 5.41) is 3.74. The van der Waals surface area contributed by atoms with E-state index in [-0.39, 0.29) is 5.28 Å². The molecule has 21 heavy (non-hydrogen) atoms. The third-order valence-corrected chi connectivity index (χ3v) is 4.52. The fraction of sp³-hybridized carbons (Fsp3) is 0.600. The molecule has 2 aromatic heterocycles. The Hall–Kier alpha value is -1.49. The first kappa shape index (κ1) is 14.4. The molecule has 0 radical (unpaired) electrons.